The van der Waals surface area contributed by atoms with E-state index in [2.05, 4.69) is 21.6 Å². The molecule has 2 rings (SSSR count). The number of nitrogens with zero attached hydrogens (tertiary/aromatic N) is 3. The molecular weight excluding hydrogens is 228 g/mol. The van der Waals surface area contributed by atoms with Gasteiger partial charge in [0, 0.05) is 19.2 Å². The maximum atomic E-state index is 5.45. The van der Waals surface area contributed by atoms with Crippen molar-refractivity contribution in [3.8, 4) is 11.5 Å². The first-order valence-electron chi connectivity index (χ1n) is 6.37. The van der Waals surface area contributed by atoms with Crippen LogP contribution in [0.25, 0.3) is 11.5 Å². The highest BCUT2D eigenvalue weighted by atomic mass is 16.5. The molecule has 2 aromatic rings. The minimum absolute atomic E-state index is 0.666. The molecular formula is C13H20N4O. The van der Waals surface area contributed by atoms with E-state index >= 15 is 0 Å². The number of rotatable bonds is 6. The van der Waals surface area contributed by atoms with Gasteiger partial charge in [-0.25, -0.2) is 0 Å². The standard InChI is InChI=1S/C13H20N4O/c1-10-7-8-11(17(10)2)13-15-12(18-16-13)6-4-3-5-9-14/h7-8H,3-6,9,14H2,1-2H3. The van der Waals surface area contributed by atoms with Crippen molar-refractivity contribution >= 4 is 0 Å². The van der Waals surface area contributed by atoms with Gasteiger partial charge < -0.3 is 14.8 Å². The van der Waals surface area contributed by atoms with Gasteiger partial charge in [0.2, 0.25) is 11.7 Å². The molecule has 0 radical (unpaired) electrons. The second kappa shape index (κ2) is 5.82. The van der Waals surface area contributed by atoms with Crippen LogP contribution in [0.5, 0.6) is 0 Å². The first kappa shape index (κ1) is 12.8. The molecule has 0 amide bonds. The fraction of sp³-hybridized carbons (Fsp3) is 0.538. The third-order valence-electron chi connectivity index (χ3n) is 3.16. The minimum atomic E-state index is 0.666. The summed E-state index contributed by atoms with van der Waals surface area (Å²) >= 11 is 0. The van der Waals surface area contributed by atoms with Crippen molar-refractivity contribution in [1.82, 2.24) is 14.7 Å². The number of aryl methyl sites for hydroxylation is 2. The zero-order valence-corrected chi connectivity index (χ0v) is 11.0. The molecule has 0 aliphatic heterocycles. The molecule has 0 aromatic carbocycles. The van der Waals surface area contributed by atoms with Crippen LogP contribution in [-0.2, 0) is 13.5 Å². The van der Waals surface area contributed by atoms with Gasteiger partial charge in [0.25, 0.3) is 0 Å². The summed E-state index contributed by atoms with van der Waals surface area (Å²) in [5, 5.41) is 4.03. The van der Waals surface area contributed by atoms with Crippen molar-refractivity contribution in [2.45, 2.75) is 32.6 Å². The zero-order chi connectivity index (χ0) is 13.0. The van der Waals surface area contributed by atoms with Gasteiger partial charge in [0.15, 0.2) is 0 Å². The third kappa shape index (κ3) is 2.79. The van der Waals surface area contributed by atoms with E-state index in [4.69, 9.17) is 10.3 Å². The number of unbranched alkanes of at least 4 members (excludes halogenated alkanes) is 2. The van der Waals surface area contributed by atoms with E-state index in [-0.39, 0.29) is 0 Å². The van der Waals surface area contributed by atoms with E-state index in [1.54, 1.807) is 0 Å². The van der Waals surface area contributed by atoms with E-state index in [9.17, 15) is 0 Å². The predicted octanol–water partition coefficient (Wildman–Crippen LogP) is 2.06. The summed E-state index contributed by atoms with van der Waals surface area (Å²) in [6.07, 6.45) is 4.04. The van der Waals surface area contributed by atoms with Crippen molar-refractivity contribution in [1.29, 1.82) is 0 Å². The van der Waals surface area contributed by atoms with Gasteiger partial charge in [-0.15, -0.1) is 0 Å². The maximum absolute atomic E-state index is 5.45. The Balaban J connectivity index is 2.00. The molecule has 0 fully saturated rings. The molecule has 2 heterocycles. The summed E-state index contributed by atoms with van der Waals surface area (Å²) in [6, 6.07) is 4.06. The lowest BCUT2D eigenvalue weighted by Crippen LogP contribution is -1.98. The topological polar surface area (TPSA) is 69.9 Å². The lowest BCUT2D eigenvalue weighted by atomic mass is 10.2. The van der Waals surface area contributed by atoms with Crippen LogP contribution in [0.4, 0.5) is 0 Å². The molecule has 0 bridgehead atoms. The van der Waals surface area contributed by atoms with Gasteiger partial charge in [-0.1, -0.05) is 11.6 Å². The van der Waals surface area contributed by atoms with E-state index in [1.165, 1.54) is 5.69 Å². The van der Waals surface area contributed by atoms with E-state index in [0.29, 0.717) is 11.7 Å². The second-order valence-electron chi connectivity index (χ2n) is 4.53. The Kier molecular flexibility index (Phi) is 4.15. The molecule has 2 N–H and O–H groups in total. The summed E-state index contributed by atoms with van der Waals surface area (Å²) in [4.78, 5) is 4.42. The van der Waals surface area contributed by atoms with Crippen LogP contribution >= 0.6 is 0 Å². The molecule has 0 unspecified atom stereocenters. The van der Waals surface area contributed by atoms with Gasteiger partial charge in [-0.3, -0.25) is 0 Å². The van der Waals surface area contributed by atoms with Crippen LogP contribution in [0.15, 0.2) is 16.7 Å². The van der Waals surface area contributed by atoms with Gasteiger partial charge in [0.1, 0.15) is 0 Å². The number of nitrogens with two attached hydrogens (primary N) is 1. The molecule has 0 spiro atoms. The van der Waals surface area contributed by atoms with Crippen molar-refractivity contribution in [3.05, 3.63) is 23.7 Å². The fourth-order valence-electron chi connectivity index (χ4n) is 1.90. The molecule has 5 nitrogen and oxygen atoms in total. The Hall–Kier alpha value is -1.62. The molecule has 0 aliphatic carbocycles. The maximum Gasteiger partial charge on any atom is 0.227 e. The largest absolute Gasteiger partial charge is 0.345 e. The highest BCUT2D eigenvalue weighted by molar-refractivity contribution is 5.50. The molecule has 18 heavy (non-hydrogen) atoms. The van der Waals surface area contributed by atoms with Gasteiger partial charge in [0.05, 0.1) is 5.69 Å². The average Bonchev–Trinajstić information content (AvgIpc) is 2.94. The molecule has 0 saturated carbocycles. The third-order valence-corrected chi connectivity index (χ3v) is 3.16. The number of hydrogen-bond acceptors (Lipinski definition) is 4. The van der Waals surface area contributed by atoms with E-state index in [1.807, 2.05) is 19.2 Å². The number of hydrogen-bond donors (Lipinski definition) is 1. The zero-order valence-electron chi connectivity index (χ0n) is 11.0. The first-order chi connectivity index (χ1) is 8.72. The van der Waals surface area contributed by atoms with Crippen molar-refractivity contribution in [2.75, 3.05) is 6.54 Å². The Morgan fingerprint density at radius 3 is 2.78 bits per heavy atom. The Morgan fingerprint density at radius 2 is 2.11 bits per heavy atom. The van der Waals surface area contributed by atoms with Crippen molar-refractivity contribution < 1.29 is 4.52 Å². The molecule has 2 aromatic heterocycles. The first-order valence-corrected chi connectivity index (χ1v) is 6.37. The lowest BCUT2D eigenvalue weighted by molar-refractivity contribution is 0.374. The van der Waals surface area contributed by atoms with E-state index < -0.39 is 0 Å². The summed E-state index contributed by atoms with van der Waals surface area (Å²) in [5.41, 5.74) is 7.62. The van der Waals surface area contributed by atoms with Crippen molar-refractivity contribution in [2.24, 2.45) is 12.8 Å². The van der Waals surface area contributed by atoms with Crippen LogP contribution in [0, 0.1) is 6.92 Å². The summed E-state index contributed by atoms with van der Waals surface area (Å²) < 4.78 is 7.32. The van der Waals surface area contributed by atoms with Gasteiger partial charge in [-0.05, 0) is 38.4 Å². The van der Waals surface area contributed by atoms with Gasteiger partial charge >= 0.3 is 0 Å². The Morgan fingerprint density at radius 1 is 1.28 bits per heavy atom. The molecule has 0 saturated heterocycles. The van der Waals surface area contributed by atoms with Crippen LogP contribution in [0.1, 0.15) is 30.8 Å². The normalized spacial score (nSPS) is 11.1. The monoisotopic (exact) mass is 248 g/mol. The SMILES string of the molecule is Cc1ccc(-c2noc(CCCCCN)n2)n1C. The lowest BCUT2D eigenvalue weighted by Gasteiger charge is -1.99. The summed E-state index contributed by atoms with van der Waals surface area (Å²) in [6.45, 7) is 2.80. The van der Waals surface area contributed by atoms with Crippen LogP contribution in [0.2, 0.25) is 0 Å². The van der Waals surface area contributed by atoms with Crippen LogP contribution < -0.4 is 5.73 Å². The quantitative estimate of drug-likeness (QED) is 0.794. The van der Waals surface area contributed by atoms with E-state index in [0.717, 1.165) is 37.9 Å². The van der Waals surface area contributed by atoms with Gasteiger partial charge in [-0.2, -0.15) is 4.98 Å². The fourth-order valence-corrected chi connectivity index (χ4v) is 1.90. The smallest absolute Gasteiger partial charge is 0.227 e. The molecule has 0 aliphatic rings. The molecule has 5 heteroatoms. The number of aromatic nitrogens is 3. The highest BCUT2D eigenvalue weighted by Crippen LogP contribution is 2.18. The summed E-state index contributed by atoms with van der Waals surface area (Å²) in [7, 11) is 2.00. The Bertz CT molecular complexity index is 501. The van der Waals surface area contributed by atoms with Crippen LogP contribution in [0.3, 0.4) is 0 Å². The predicted molar refractivity (Wildman–Crippen MR) is 70.1 cm³/mol. The highest BCUT2D eigenvalue weighted by Gasteiger charge is 2.11. The summed E-state index contributed by atoms with van der Waals surface area (Å²) in [5.74, 6) is 1.38. The van der Waals surface area contributed by atoms with Crippen LogP contribution in [-0.4, -0.2) is 21.3 Å². The Labute approximate surface area is 107 Å². The molecule has 98 valence electrons. The van der Waals surface area contributed by atoms with Crippen molar-refractivity contribution in [3.63, 3.8) is 0 Å². The second-order valence-corrected chi connectivity index (χ2v) is 4.53. The average molecular weight is 248 g/mol. The minimum Gasteiger partial charge on any atom is -0.345 e. The molecule has 0 atom stereocenters.